The van der Waals surface area contributed by atoms with E-state index in [9.17, 15) is 14.0 Å². The lowest BCUT2D eigenvalue weighted by Crippen LogP contribution is -2.17. The Bertz CT molecular complexity index is 681. The molecule has 0 aliphatic heterocycles. The molecule has 2 rings (SSSR count). The van der Waals surface area contributed by atoms with Gasteiger partial charge in [-0.1, -0.05) is 13.8 Å². The van der Waals surface area contributed by atoms with E-state index in [4.69, 9.17) is 0 Å². The molecule has 5 heteroatoms. The molecule has 23 heavy (non-hydrogen) atoms. The number of ketones is 1. The van der Waals surface area contributed by atoms with Gasteiger partial charge in [-0.3, -0.25) is 9.59 Å². The van der Waals surface area contributed by atoms with Crippen molar-refractivity contribution in [3.8, 4) is 0 Å². The molecule has 1 N–H and O–H groups in total. The van der Waals surface area contributed by atoms with Crippen molar-refractivity contribution >= 4 is 29.1 Å². The lowest BCUT2D eigenvalue weighted by atomic mass is 10.1. The fourth-order valence-corrected chi connectivity index (χ4v) is 2.58. The Hall–Kier alpha value is -2.14. The minimum absolute atomic E-state index is 0.0129. The lowest BCUT2D eigenvalue weighted by molar-refractivity contribution is -0.118. The van der Waals surface area contributed by atoms with Crippen LogP contribution in [0.2, 0.25) is 0 Å². The number of hydrogen-bond donors (Lipinski definition) is 1. The van der Waals surface area contributed by atoms with E-state index in [1.807, 2.05) is 13.8 Å². The van der Waals surface area contributed by atoms with Crippen LogP contribution < -0.4 is 5.32 Å². The predicted octanol–water partition coefficient (Wildman–Crippen LogP) is 4.40. The maximum atomic E-state index is 12.8. The van der Waals surface area contributed by atoms with E-state index in [1.165, 1.54) is 23.9 Å². The second-order valence-corrected chi connectivity index (χ2v) is 6.44. The second-order valence-electron chi connectivity index (χ2n) is 5.39. The van der Waals surface area contributed by atoms with Crippen LogP contribution in [0.1, 0.15) is 24.2 Å². The third-order valence-electron chi connectivity index (χ3n) is 3.18. The molecule has 0 heterocycles. The molecule has 0 radical (unpaired) electrons. The largest absolute Gasteiger partial charge is 0.326 e. The molecule has 0 spiro atoms. The van der Waals surface area contributed by atoms with Crippen LogP contribution in [-0.4, -0.2) is 17.4 Å². The molecular weight excluding hydrogens is 313 g/mol. The number of nitrogens with one attached hydrogen (secondary N) is 1. The van der Waals surface area contributed by atoms with Crippen LogP contribution in [0.5, 0.6) is 0 Å². The first-order valence-electron chi connectivity index (χ1n) is 7.28. The third-order valence-corrected chi connectivity index (χ3v) is 4.19. The monoisotopic (exact) mass is 331 g/mol. The fourth-order valence-electron chi connectivity index (χ4n) is 1.79. The van der Waals surface area contributed by atoms with Gasteiger partial charge in [0, 0.05) is 22.1 Å². The van der Waals surface area contributed by atoms with Gasteiger partial charge in [-0.05, 0) is 48.5 Å². The van der Waals surface area contributed by atoms with Gasteiger partial charge >= 0.3 is 0 Å². The number of hydrogen-bond acceptors (Lipinski definition) is 3. The Kier molecular flexibility index (Phi) is 5.93. The van der Waals surface area contributed by atoms with E-state index in [-0.39, 0.29) is 29.2 Å². The topological polar surface area (TPSA) is 46.2 Å². The molecule has 0 saturated heterocycles. The van der Waals surface area contributed by atoms with E-state index in [0.717, 1.165) is 4.90 Å². The van der Waals surface area contributed by atoms with Crippen molar-refractivity contribution in [3.63, 3.8) is 0 Å². The first-order valence-corrected chi connectivity index (χ1v) is 8.27. The molecule has 3 nitrogen and oxygen atoms in total. The van der Waals surface area contributed by atoms with Crippen LogP contribution in [0.15, 0.2) is 53.4 Å². The highest BCUT2D eigenvalue weighted by Crippen LogP contribution is 2.20. The molecule has 120 valence electrons. The fraction of sp³-hybridized carbons (Fsp3) is 0.222. The van der Waals surface area contributed by atoms with E-state index >= 15 is 0 Å². The molecule has 0 fully saturated rings. The first-order chi connectivity index (χ1) is 11.0. The van der Waals surface area contributed by atoms with Gasteiger partial charge in [-0.25, -0.2) is 4.39 Å². The van der Waals surface area contributed by atoms with E-state index < -0.39 is 0 Å². The number of anilines is 1. The van der Waals surface area contributed by atoms with E-state index in [0.29, 0.717) is 11.3 Å². The molecule has 2 aromatic rings. The van der Waals surface area contributed by atoms with Crippen molar-refractivity contribution in [1.82, 2.24) is 0 Å². The van der Waals surface area contributed by atoms with Gasteiger partial charge in [-0.15, -0.1) is 11.8 Å². The van der Waals surface area contributed by atoms with Crippen molar-refractivity contribution in [2.45, 2.75) is 18.7 Å². The molecule has 0 unspecified atom stereocenters. The molecule has 0 bridgehead atoms. The molecule has 2 aromatic carbocycles. The van der Waals surface area contributed by atoms with Crippen molar-refractivity contribution in [2.24, 2.45) is 5.92 Å². The van der Waals surface area contributed by atoms with E-state index in [1.54, 1.807) is 36.4 Å². The number of benzene rings is 2. The summed E-state index contributed by atoms with van der Waals surface area (Å²) in [6.07, 6.45) is 0. The van der Waals surface area contributed by atoms with Gasteiger partial charge in [-0.2, -0.15) is 0 Å². The number of carbonyl (C=O) groups excluding carboxylic acids is 2. The van der Waals surface area contributed by atoms with Crippen molar-refractivity contribution in [3.05, 3.63) is 59.9 Å². The van der Waals surface area contributed by atoms with E-state index in [2.05, 4.69) is 5.32 Å². The maximum Gasteiger partial charge on any atom is 0.226 e. The summed E-state index contributed by atoms with van der Waals surface area (Å²) in [6.45, 7) is 3.64. The Morgan fingerprint density at radius 1 is 1.04 bits per heavy atom. The SMILES string of the molecule is CC(C)C(=O)Nc1ccc(C(=O)CSc2ccc(F)cc2)cc1. The summed E-state index contributed by atoms with van der Waals surface area (Å²) in [6, 6.07) is 12.9. The number of halogens is 1. The minimum Gasteiger partial charge on any atom is -0.326 e. The number of Topliss-reactive ketones (excluding diaryl/α,β-unsaturated/α-hetero) is 1. The first kappa shape index (κ1) is 17.2. The second kappa shape index (κ2) is 7.92. The van der Waals surface area contributed by atoms with Gasteiger partial charge in [0.25, 0.3) is 0 Å². The number of rotatable bonds is 6. The van der Waals surface area contributed by atoms with Gasteiger partial charge in [0.15, 0.2) is 5.78 Å². The summed E-state index contributed by atoms with van der Waals surface area (Å²) < 4.78 is 12.8. The number of amides is 1. The standard InChI is InChI=1S/C18H18FNO2S/c1-12(2)18(22)20-15-7-3-13(4-8-15)17(21)11-23-16-9-5-14(19)6-10-16/h3-10,12H,11H2,1-2H3,(H,20,22). The minimum atomic E-state index is -0.292. The molecule has 0 aliphatic carbocycles. The highest BCUT2D eigenvalue weighted by molar-refractivity contribution is 8.00. The average molecular weight is 331 g/mol. The number of carbonyl (C=O) groups is 2. The Morgan fingerprint density at radius 2 is 1.65 bits per heavy atom. The summed E-state index contributed by atoms with van der Waals surface area (Å²) in [5.41, 5.74) is 1.26. The zero-order valence-corrected chi connectivity index (χ0v) is 13.8. The highest BCUT2D eigenvalue weighted by atomic mass is 32.2. The molecule has 0 aliphatic rings. The lowest BCUT2D eigenvalue weighted by Gasteiger charge is -2.08. The van der Waals surface area contributed by atoms with Crippen LogP contribution in [0.3, 0.4) is 0 Å². The highest BCUT2D eigenvalue weighted by Gasteiger charge is 2.09. The Morgan fingerprint density at radius 3 is 2.22 bits per heavy atom. The summed E-state index contributed by atoms with van der Waals surface area (Å²) in [5, 5.41) is 2.78. The molecule has 0 aromatic heterocycles. The van der Waals surface area contributed by atoms with Crippen molar-refractivity contribution in [1.29, 1.82) is 0 Å². The van der Waals surface area contributed by atoms with Crippen molar-refractivity contribution < 1.29 is 14.0 Å². The summed E-state index contributed by atoms with van der Waals surface area (Å²) in [7, 11) is 0. The molecule has 0 saturated carbocycles. The van der Waals surface area contributed by atoms with Gasteiger partial charge in [0.05, 0.1) is 5.75 Å². The Balaban J connectivity index is 1.92. The predicted molar refractivity (Wildman–Crippen MR) is 91.4 cm³/mol. The van der Waals surface area contributed by atoms with Crippen molar-refractivity contribution in [2.75, 3.05) is 11.1 Å². The smallest absolute Gasteiger partial charge is 0.226 e. The zero-order valence-electron chi connectivity index (χ0n) is 13.0. The molecule has 0 atom stereocenters. The average Bonchev–Trinajstić information content (AvgIpc) is 2.54. The third kappa shape index (κ3) is 5.21. The molecular formula is C18H18FNO2S. The van der Waals surface area contributed by atoms with Gasteiger partial charge in [0.2, 0.25) is 5.91 Å². The zero-order chi connectivity index (χ0) is 16.8. The summed E-state index contributed by atoms with van der Waals surface area (Å²) >= 11 is 1.36. The normalized spacial score (nSPS) is 10.6. The van der Waals surface area contributed by atoms with Crippen LogP contribution in [0, 0.1) is 11.7 Å². The number of thioether (sulfide) groups is 1. The maximum absolute atomic E-state index is 12.8. The van der Waals surface area contributed by atoms with Crippen LogP contribution in [0.25, 0.3) is 0 Å². The quantitative estimate of drug-likeness (QED) is 0.630. The van der Waals surface area contributed by atoms with Crippen LogP contribution in [0.4, 0.5) is 10.1 Å². The molecule has 1 amide bonds. The summed E-state index contributed by atoms with van der Waals surface area (Å²) in [4.78, 5) is 24.6. The Labute approximate surface area is 139 Å². The van der Waals surface area contributed by atoms with Crippen LogP contribution >= 0.6 is 11.8 Å². The van der Waals surface area contributed by atoms with Gasteiger partial charge in [0.1, 0.15) is 5.82 Å². The van der Waals surface area contributed by atoms with Gasteiger partial charge < -0.3 is 5.32 Å². The summed E-state index contributed by atoms with van der Waals surface area (Å²) in [5.74, 6) is -0.177. The van der Waals surface area contributed by atoms with Crippen LogP contribution in [-0.2, 0) is 4.79 Å².